The fourth-order valence-corrected chi connectivity index (χ4v) is 6.36. The molecule has 0 amide bonds. The lowest BCUT2D eigenvalue weighted by molar-refractivity contribution is 0.396. The van der Waals surface area contributed by atoms with Crippen LogP contribution >= 0.6 is 0 Å². The van der Waals surface area contributed by atoms with Crippen molar-refractivity contribution in [1.82, 2.24) is 24.3 Å². The molecule has 1 fully saturated rings. The highest BCUT2D eigenvalue weighted by Crippen LogP contribution is 2.32. The van der Waals surface area contributed by atoms with Crippen molar-refractivity contribution >= 4 is 20.9 Å². The maximum Gasteiger partial charge on any atom is 0.243 e. The molecule has 5 rings (SSSR count). The molecule has 2 aromatic carbocycles. The Kier molecular flexibility index (Phi) is 5.10. The standard InChI is InChI=1S/C23H24FN5O2S/c1-15-7-21(4-5-22(15)24)32(30,31)29-14-17(8-16(29)2)13-28-23-6-3-18(9-19(23)12-27-28)20-10-25-26-11-20/h3-7,9-12,16-17H,8,13-14H2,1-2H3,(H,25,26)/t16-,17-/m1/s1. The average molecular weight is 454 g/mol. The number of nitrogens with zero attached hydrogens (tertiary/aromatic N) is 4. The second-order valence-corrected chi connectivity index (χ2v) is 10.4. The normalized spacial score (nSPS) is 19.7. The van der Waals surface area contributed by atoms with E-state index in [1.54, 1.807) is 13.1 Å². The Labute approximate surface area is 185 Å². The van der Waals surface area contributed by atoms with Crippen LogP contribution in [0.15, 0.2) is 59.9 Å². The minimum atomic E-state index is -3.68. The number of fused-ring (bicyclic) bond motifs is 1. The summed E-state index contributed by atoms with van der Waals surface area (Å²) >= 11 is 0. The molecule has 7 nitrogen and oxygen atoms in total. The Bertz CT molecular complexity index is 1380. The molecule has 1 saturated heterocycles. The van der Waals surface area contributed by atoms with Crippen LogP contribution < -0.4 is 0 Å². The summed E-state index contributed by atoms with van der Waals surface area (Å²) in [4.78, 5) is 0.139. The van der Waals surface area contributed by atoms with Gasteiger partial charge in [0.05, 0.1) is 22.8 Å². The summed E-state index contributed by atoms with van der Waals surface area (Å²) in [6.07, 6.45) is 6.22. The Hall–Kier alpha value is -3.04. The lowest BCUT2D eigenvalue weighted by Crippen LogP contribution is -2.34. The number of aryl methyl sites for hydroxylation is 1. The highest BCUT2D eigenvalue weighted by Gasteiger charge is 2.38. The summed E-state index contributed by atoms with van der Waals surface area (Å²) in [5.41, 5.74) is 3.42. The van der Waals surface area contributed by atoms with Gasteiger partial charge in [0.25, 0.3) is 0 Å². The Balaban J connectivity index is 1.36. The molecular weight excluding hydrogens is 429 g/mol. The van der Waals surface area contributed by atoms with Crippen LogP contribution in [-0.4, -0.2) is 45.3 Å². The van der Waals surface area contributed by atoms with Crippen LogP contribution in [0.5, 0.6) is 0 Å². The summed E-state index contributed by atoms with van der Waals surface area (Å²) in [5.74, 6) is -0.268. The van der Waals surface area contributed by atoms with Crippen molar-refractivity contribution in [2.45, 2.75) is 37.8 Å². The molecule has 166 valence electrons. The molecule has 4 aromatic rings. The second kappa shape index (κ2) is 7.83. The third-order valence-electron chi connectivity index (χ3n) is 6.24. The van der Waals surface area contributed by atoms with Gasteiger partial charge in [0, 0.05) is 36.3 Å². The first-order valence-corrected chi connectivity index (χ1v) is 12.0. The topological polar surface area (TPSA) is 83.9 Å². The number of benzene rings is 2. The van der Waals surface area contributed by atoms with Crippen LogP contribution in [0.2, 0.25) is 0 Å². The highest BCUT2D eigenvalue weighted by atomic mass is 32.2. The Morgan fingerprint density at radius 3 is 2.75 bits per heavy atom. The van der Waals surface area contributed by atoms with E-state index < -0.39 is 15.8 Å². The molecule has 1 N–H and O–H groups in total. The van der Waals surface area contributed by atoms with Crippen LogP contribution in [0.1, 0.15) is 18.9 Å². The van der Waals surface area contributed by atoms with E-state index in [2.05, 4.69) is 21.4 Å². The van der Waals surface area contributed by atoms with Crippen LogP contribution in [0.3, 0.4) is 0 Å². The number of sulfonamides is 1. The third kappa shape index (κ3) is 3.61. The van der Waals surface area contributed by atoms with E-state index in [9.17, 15) is 12.8 Å². The zero-order chi connectivity index (χ0) is 22.5. The lowest BCUT2D eigenvalue weighted by Gasteiger charge is -2.21. The number of hydrogen-bond donors (Lipinski definition) is 1. The number of aromatic nitrogens is 4. The SMILES string of the molecule is Cc1cc(S(=O)(=O)N2C[C@@H](Cn3ncc4cc(-c5cn[nH]c5)ccc43)C[C@H]2C)ccc1F. The molecule has 9 heteroatoms. The van der Waals surface area contributed by atoms with Gasteiger partial charge >= 0.3 is 0 Å². The van der Waals surface area contributed by atoms with Crippen LogP contribution in [0.4, 0.5) is 4.39 Å². The quantitative estimate of drug-likeness (QED) is 0.496. The van der Waals surface area contributed by atoms with Crippen molar-refractivity contribution in [2.24, 2.45) is 5.92 Å². The largest absolute Gasteiger partial charge is 0.285 e. The van der Waals surface area contributed by atoms with E-state index in [1.165, 1.54) is 22.5 Å². The molecule has 0 bridgehead atoms. The summed E-state index contributed by atoms with van der Waals surface area (Å²) in [7, 11) is -3.68. The smallest absolute Gasteiger partial charge is 0.243 e. The third-order valence-corrected chi connectivity index (χ3v) is 8.22. The fraction of sp³-hybridized carbons (Fsp3) is 0.304. The maximum absolute atomic E-state index is 13.6. The Morgan fingerprint density at radius 2 is 2.00 bits per heavy atom. The van der Waals surface area contributed by atoms with E-state index in [-0.39, 0.29) is 16.9 Å². The predicted molar refractivity (Wildman–Crippen MR) is 120 cm³/mol. The molecule has 2 aromatic heterocycles. The van der Waals surface area contributed by atoms with Gasteiger partial charge in [0.2, 0.25) is 10.0 Å². The monoisotopic (exact) mass is 453 g/mol. The fourth-order valence-electron chi connectivity index (χ4n) is 4.55. The molecule has 0 saturated carbocycles. The van der Waals surface area contributed by atoms with E-state index in [1.807, 2.05) is 36.1 Å². The zero-order valence-corrected chi connectivity index (χ0v) is 18.7. The summed E-state index contributed by atoms with van der Waals surface area (Å²) in [6, 6.07) is 9.99. The van der Waals surface area contributed by atoms with Gasteiger partial charge in [-0.3, -0.25) is 9.78 Å². The van der Waals surface area contributed by atoms with E-state index in [0.717, 1.165) is 28.5 Å². The molecule has 0 aliphatic carbocycles. The number of aromatic amines is 1. The molecule has 2 atom stereocenters. The zero-order valence-electron chi connectivity index (χ0n) is 17.9. The average Bonchev–Trinajstić information content (AvgIpc) is 3.50. The molecule has 1 aliphatic heterocycles. The number of rotatable bonds is 5. The molecule has 0 radical (unpaired) electrons. The molecular formula is C23H24FN5O2S. The number of halogens is 1. The van der Waals surface area contributed by atoms with E-state index >= 15 is 0 Å². The first-order valence-electron chi connectivity index (χ1n) is 10.6. The molecule has 3 heterocycles. The first kappa shape index (κ1) is 20.8. The summed E-state index contributed by atoms with van der Waals surface area (Å²) in [6.45, 7) is 4.54. The van der Waals surface area contributed by atoms with Crippen molar-refractivity contribution in [3.05, 3.63) is 66.4 Å². The van der Waals surface area contributed by atoms with E-state index in [0.29, 0.717) is 18.7 Å². The van der Waals surface area contributed by atoms with Gasteiger partial charge in [0.1, 0.15) is 5.82 Å². The van der Waals surface area contributed by atoms with Gasteiger partial charge in [-0.15, -0.1) is 0 Å². The van der Waals surface area contributed by atoms with Crippen LogP contribution in [-0.2, 0) is 16.6 Å². The minimum absolute atomic E-state index is 0.134. The summed E-state index contributed by atoms with van der Waals surface area (Å²) in [5, 5.41) is 12.4. The van der Waals surface area contributed by atoms with Gasteiger partial charge in [-0.05, 0) is 67.6 Å². The summed E-state index contributed by atoms with van der Waals surface area (Å²) < 4.78 is 43.5. The van der Waals surface area contributed by atoms with Crippen LogP contribution in [0.25, 0.3) is 22.0 Å². The minimum Gasteiger partial charge on any atom is -0.285 e. The van der Waals surface area contributed by atoms with Crippen molar-refractivity contribution in [3.63, 3.8) is 0 Å². The molecule has 0 spiro atoms. The number of H-pyrrole nitrogens is 1. The van der Waals surface area contributed by atoms with Crippen molar-refractivity contribution in [3.8, 4) is 11.1 Å². The van der Waals surface area contributed by atoms with Crippen molar-refractivity contribution < 1.29 is 12.8 Å². The van der Waals surface area contributed by atoms with E-state index in [4.69, 9.17) is 0 Å². The Morgan fingerprint density at radius 1 is 1.16 bits per heavy atom. The van der Waals surface area contributed by atoms with Gasteiger partial charge < -0.3 is 0 Å². The van der Waals surface area contributed by atoms with Crippen LogP contribution in [0, 0.1) is 18.7 Å². The number of hydrogen-bond acceptors (Lipinski definition) is 4. The first-order chi connectivity index (χ1) is 15.3. The predicted octanol–water partition coefficient (Wildman–Crippen LogP) is 3.97. The molecule has 1 aliphatic rings. The molecule has 32 heavy (non-hydrogen) atoms. The van der Waals surface area contributed by atoms with Gasteiger partial charge in [-0.25, -0.2) is 12.8 Å². The van der Waals surface area contributed by atoms with Gasteiger partial charge in [-0.2, -0.15) is 14.5 Å². The maximum atomic E-state index is 13.6. The van der Waals surface area contributed by atoms with Crippen molar-refractivity contribution in [1.29, 1.82) is 0 Å². The highest BCUT2D eigenvalue weighted by molar-refractivity contribution is 7.89. The van der Waals surface area contributed by atoms with Crippen molar-refractivity contribution in [2.75, 3.05) is 6.54 Å². The van der Waals surface area contributed by atoms with Gasteiger partial charge in [-0.1, -0.05) is 6.07 Å². The lowest BCUT2D eigenvalue weighted by atomic mass is 10.1. The molecule has 0 unspecified atom stereocenters. The second-order valence-electron chi connectivity index (χ2n) is 8.52. The number of nitrogens with one attached hydrogen (secondary N) is 1. The van der Waals surface area contributed by atoms with Gasteiger partial charge in [0.15, 0.2) is 0 Å².